The van der Waals surface area contributed by atoms with E-state index in [9.17, 15) is 33.4 Å². The van der Waals surface area contributed by atoms with Gasteiger partial charge in [0.25, 0.3) is 10.0 Å². The van der Waals surface area contributed by atoms with E-state index in [0.29, 0.717) is 30.2 Å². The maximum atomic E-state index is 13.0. The van der Waals surface area contributed by atoms with Crippen molar-refractivity contribution in [2.24, 2.45) is 0 Å². The van der Waals surface area contributed by atoms with Crippen molar-refractivity contribution >= 4 is 33.2 Å². The number of anilines is 1. The third-order valence-corrected chi connectivity index (χ3v) is 6.04. The number of nitro groups is 2. The van der Waals surface area contributed by atoms with Gasteiger partial charge in [-0.1, -0.05) is 13.8 Å². The highest BCUT2D eigenvalue weighted by Crippen LogP contribution is 2.41. The summed E-state index contributed by atoms with van der Waals surface area (Å²) in [6.45, 7) is 7.04. The highest BCUT2D eigenvalue weighted by atomic mass is 32.2. The van der Waals surface area contributed by atoms with Gasteiger partial charge in [0.1, 0.15) is 4.90 Å². The molecule has 168 valence electrons. The number of sulfonamides is 1. The molecule has 0 aliphatic rings. The molecule has 1 aromatic carbocycles. The van der Waals surface area contributed by atoms with Gasteiger partial charge in [-0.2, -0.15) is 4.31 Å². The number of amides is 1. The van der Waals surface area contributed by atoms with Crippen LogP contribution in [0.25, 0.3) is 0 Å². The molecule has 0 aliphatic carbocycles. The molecule has 0 fully saturated rings. The molecule has 0 spiro atoms. The first kappa shape index (κ1) is 25.1. The molecular formula is C17H26N4O8S. The molecule has 0 unspecified atom stereocenters. The molecule has 0 saturated carbocycles. The maximum Gasteiger partial charge on any atom is 0.423 e. The van der Waals surface area contributed by atoms with Crippen molar-refractivity contribution in [2.75, 3.05) is 25.1 Å². The van der Waals surface area contributed by atoms with Crippen LogP contribution < -0.4 is 4.90 Å². The van der Waals surface area contributed by atoms with Gasteiger partial charge in [-0.15, -0.1) is 0 Å². The van der Waals surface area contributed by atoms with Crippen LogP contribution in [-0.2, 0) is 14.8 Å². The molecule has 0 atom stereocenters. The van der Waals surface area contributed by atoms with E-state index in [-0.39, 0.29) is 5.69 Å². The van der Waals surface area contributed by atoms with E-state index in [2.05, 4.69) is 4.74 Å². The third kappa shape index (κ3) is 5.14. The van der Waals surface area contributed by atoms with Crippen molar-refractivity contribution in [2.45, 2.75) is 51.5 Å². The smallest absolute Gasteiger partial charge is 0.423 e. The van der Waals surface area contributed by atoms with Crippen LogP contribution in [0.15, 0.2) is 17.0 Å². The fourth-order valence-corrected chi connectivity index (χ4v) is 4.57. The molecule has 0 heterocycles. The standard InChI is InChI=1S/C17H26N4O8S/c1-6-8-18(9-7-2)16-14(20(23)24)10-13(11-15(16)21(25)26)30(27,28)19(12(3)4)17(22)29-5/h10-12H,6-9H2,1-5H3. The average molecular weight is 446 g/mol. The second-order valence-electron chi connectivity index (χ2n) is 6.68. The van der Waals surface area contributed by atoms with Gasteiger partial charge in [0, 0.05) is 31.3 Å². The quantitative estimate of drug-likeness (QED) is 0.389. The molecule has 12 nitrogen and oxygen atoms in total. The minimum Gasteiger partial charge on any atom is -0.452 e. The Labute approximate surface area is 174 Å². The van der Waals surface area contributed by atoms with Crippen molar-refractivity contribution in [3.8, 4) is 0 Å². The zero-order valence-corrected chi connectivity index (χ0v) is 18.3. The van der Waals surface area contributed by atoms with Crippen LogP contribution in [0, 0.1) is 20.2 Å². The van der Waals surface area contributed by atoms with E-state index in [0.717, 1.165) is 19.2 Å². The Morgan fingerprint density at radius 2 is 1.50 bits per heavy atom. The third-order valence-electron chi connectivity index (χ3n) is 4.12. The van der Waals surface area contributed by atoms with Crippen molar-refractivity contribution in [3.05, 3.63) is 32.4 Å². The number of hydrogen-bond acceptors (Lipinski definition) is 9. The molecule has 0 N–H and O–H groups in total. The van der Waals surface area contributed by atoms with Crippen LogP contribution in [-0.4, -0.2) is 54.9 Å². The van der Waals surface area contributed by atoms with Gasteiger partial charge in [-0.25, -0.2) is 13.2 Å². The minimum absolute atomic E-state index is 0.262. The van der Waals surface area contributed by atoms with Gasteiger partial charge in [0.2, 0.25) is 0 Å². The van der Waals surface area contributed by atoms with Gasteiger partial charge < -0.3 is 9.64 Å². The second kappa shape index (κ2) is 10.2. The lowest BCUT2D eigenvalue weighted by atomic mass is 10.2. The van der Waals surface area contributed by atoms with Crippen LogP contribution in [0.4, 0.5) is 21.9 Å². The van der Waals surface area contributed by atoms with Crippen LogP contribution >= 0.6 is 0 Å². The number of nitro benzene ring substituents is 2. The van der Waals surface area contributed by atoms with Gasteiger partial charge in [-0.05, 0) is 26.7 Å². The molecule has 13 heteroatoms. The number of benzene rings is 1. The molecule has 1 rings (SSSR count). The Morgan fingerprint density at radius 3 is 1.80 bits per heavy atom. The lowest BCUT2D eigenvalue weighted by Gasteiger charge is -2.26. The molecule has 0 aromatic heterocycles. The van der Waals surface area contributed by atoms with Gasteiger partial charge in [0.05, 0.1) is 17.0 Å². The monoisotopic (exact) mass is 446 g/mol. The number of carbonyl (C=O) groups excluding carboxylic acids is 1. The van der Waals surface area contributed by atoms with E-state index in [1.807, 2.05) is 13.8 Å². The molecule has 0 aliphatic heterocycles. The summed E-state index contributed by atoms with van der Waals surface area (Å²) in [5, 5.41) is 23.5. The van der Waals surface area contributed by atoms with Gasteiger partial charge in [-0.3, -0.25) is 20.2 Å². The second-order valence-corrected chi connectivity index (χ2v) is 8.49. The highest BCUT2D eigenvalue weighted by molar-refractivity contribution is 7.89. The van der Waals surface area contributed by atoms with E-state index < -0.39 is 48.3 Å². The van der Waals surface area contributed by atoms with E-state index in [1.54, 1.807) is 0 Å². The summed E-state index contributed by atoms with van der Waals surface area (Å²) < 4.78 is 30.9. The van der Waals surface area contributed by atoms with Crippen LogP contribution in [0.1, 0.15) is 40.5 Å². The molecule has 30 heavy (non-hydrogen) atoms. The summed E-state index contributed by atoms with van der Waals surface area (Å²) in [5.41, 5.74) is -1.71. The molecule has 1 aromatic rings. The first-order chi connectivity index (χ1) is 13.9. The van der Waals surface area contributed by atoms with E-state index >= 15 is 0 Å². The topological polar surface area (TPSA) is 153 Å². The SMILES string of the molecule is CCCN(CCC)c1c([N+](=O)[O-])cc(S(=O)(=O)N(C(=O)OC)C(C)C)cc1[N+](=O)[O-]. The summed E-state index contributed by atoms with van der Waals surface area (Å²) in [7, 11) is -3.68. The summed E-state index contributed by atoms with van der Waals surface area (Å²) in [6, 6.07) is 0.597. The fraction of sp³-hybridized carbons (Fsp3) is 0.588. The predicted molar refractivity (Wildman–Crippen MR) is 109 cm³/mol. The first-order valence-electron chi connectivity index (χ1n) is 9.28. The summed E-state index contributed by atoms with van der Waals surface area (Å²) in [5.74, 6) is 0. The Bertz CT molecular complexity index is 875. The van der Waals surface area contributed by atoms with Gasteiger partial charge >= 0.3 is 17.5 Å². The lowest BCUT2D eigenvalue weighted by molar-refractivity contribution is -0.393. The number of methoxy groups -OCH3 is 1. The maximum absolute atomic E-state index is 13.0. The molecule has 0 bridgehead atoms. The molecule has 0 saturated heterocycles. The Balaban J connectivity index is 3.90. The fourth-order valence-electron chi connectivity index (χ4n) is 3.00. The zero-order valence-electron chi connectivity index (χ0n) is 17.5. The Hall–Kier alpha value is -2.96. The average Bonchev–Trinajstić information content (AvgIpc) is 2.65. The molecule has 1 amide bonds. The van der Waals surface area contributed by atoms with Crippen molar-refractivity contribution in [3.63, 3.8) is 0 Å². The summed E-state index contributed by atoms with van der Waals surface area (Å²) >= 11 is 0. The number of ether oxygens (including phenoxy) is 1. The van der Waals surface area contributed by atoms with Crippen LogP contribution in [0.3, 0.4) is 0 Å². The summed E-state index contributed by atoms with van der Waals surface area (Å²) in [4.78, 5) is 34.5. The van der Waals surface area contributed by atoms with E-state index in [4.69, 9.17) is 0 Å². The molecule has 0 radical (unpaired) electrons. The highest BCUT2D eigenvalue weighted by Gasteiger charge is 2.38. The van der Waals surface area contributed by atoms with Crippen LogP contribution in [0.5, 0.6) is 0 Å². The first-order valence-corrected chi connectivity index (χ1v) is 10.7. The summed E-state index contributed by atoms with van der Waals surface area (Å²) in [6.07, 6.45) is -0.0756. The minimum atomic E-state index is -4.66. The number of carbonyl (C=O) groups is 1. The van der Waals surface area contributed by atoms with E-state index in [1.165, 1.54) is 18.7 Å². The predicted octanol–water partition coefficient (Wildman–Crippen LogP) is 3.29. The largest absolute Gasteiger partial charge is 0.452 e. The van der Waals surface area contributed by atoms with Crippen molar-refractivity contribution in [1.82, 2.24) is 4.31 Å². The van der Waals surface area contributed by atoms with Crippen LogP contribution in [0.2, 0.25) is 0 Å². The Kier molecular flexibility index (Phi) is 8.51. The number of hydrogen-bond donors (Lipinski definition) is 0. The van der Waals surface area contributed by atoms with Crippen molar-refractivity contribution in [1.29, 1.82) is 0 Å². The normalized spacial score (nSPS) is 11.3. The molecular weight excluding hydrogens is 420 g/mol. The lowest BCUT2D eigenvalue weighted by Crippen LogP contribution is -2.41. The van der Waals surface area contributed by atoms with Gasteiger partial charge in [0.15, 0.2) is 5.69 Å². The number of rotatable bonds is 10. The zero-order chi connectivity index (χ0) is 23.2. The number of nitrogens with zero attached hydrogens (tertiary/aromatic N) is 4. The van der Waals surface area contributed by atoms with Crippen molar-refractivity contribution < 1.29 is 27.8 Å². The Morgan fingerprint density at radius 1 is 1.07 bits per heavy atom.